The molecule has 0 bridgehead atoms. The second-order valence-corrected chi connectivity index (χ2v) is 28.8. The lowest BCUT2D eigenvalue weighted by molar-refractivity contribution is -0.143. The summed E-state index contributed by atoms with van der Waals surface area (Å²) in [6, 6.07) is -0.625. The van der Waals surface area contributed by atoms with E-state index in [-0.39, 0.29) is 18.5 Å². The van der Waals surface area contributed by atoms with Gasteiger partial charge in [-0.25, -0.2) is 0 Å². The van der Waals surface area contributed by atoms with E-state index in [1.807, 2.05) is 6.08 Å². The van der Waals surface area contributed by atoms with E-state index in [9.17, 15) is 19.8 Å². The molecule has 0 aromatic heterocycles. The Morgan fingerprint density at radius 2 is 0.516 bits per heavy atom. The van der Waals surface area contributed by atoms with Crippen LogP contribution >= 0.6 is 0 Å². The van der Waals surface area contributed by atoms with Crippen molar-refractivity contribution in [3.05, 3.63) is 36.5 Å². The van der Waals surface area contributed by atoms with Crippen LogP contribution in [0.4, 0.5) is 0 Å². The van der Waals surface area contributed by atoms with Gasteiger partial charge in [-0.1, -0.05) is 410 Å². The van der Waals surface area contributed by atoms with Crippen molar-refractivity contribution >= 4 is 11.9 Å². The summed E-state index contributed by atoms with van der Waals surface area (Å²) in [5.74, 6) is -0.0399. The van der Waals surface area contributed by atoms with E-state index in [2.05, 4.69) is 43.5 Å². The minimum absolute atomic E-state index is 0.0198. The van der Waals surface area contributed by atoms with Crippen LogP contribution in [-0.4, -0.2) is 47.4 Å². The van der Waals surface area contributed by atoms with Crippen LogP contribution in [0.15, 0.2) is 36.5 Å². The van der Waals surface area contributed by atoms with Gasteiger partial charge in [0.05, 0.1) is 25.4 Å². The van der Waals surface area contributed by atoms with Gasteiger partial charge in [0.25, 0.3) is 0 Å². The molecule has 0 aromatic carbocycles. The molecule has 0 aliphatic heterocycles. The number of hydrogen-bond donors (Lipinski definition) is 3. The van der Waals surface area contributed by atoms with E-state index in [1.165, 1.54) is 405 Å². The molecule has 3 N–H and O–H groups in total. The smallest absolute Gasteiger partial charge is 0.305 e. The van der Waals surface area contributed by atoms with Gasteiger partial charge >= 0.3 is 5.97 Å². The number of rotatable bonds is 79. The fraction of sp³-hybridized carbons (Fsp3) is 0.906. The van der Waals surface area contributed by atoms with Crippen molar-refractivity contribution in [3.63, 3.8) is 0 Å². The number of allylic oxidation sites excluding steroid dienone is 5. The number of amides is 1. The molecule has 91 heavy (non-hydrogen) atoms. The van der Waals surface area contributed by atoms with Gasteiger partial charge in [0, 0.05) is 12.8 Å². The number of carbonyl (C=O) groups is 2. The Morgan fingerprint density at radius 3 is 0.780 bits per heavy atom. The van der Waals surface area contributed by atoms with Crippen LogP contribution in [0.2, 0.25) is 0 Å². The van der Waals surface area contributed by atoms with Gasteiger partial charge in [-0.05, 0) is 83.5 Å². The third kappa shape index (κ3) is 77.0. The largest absolute Gasteiger partial charge is 0.466 e. The zero-order valence-electron chi connectivity index (χ0n) is 61.9. The third-order valence-electron chi connectivity index (χ3n) is 19.6. The second kappa shape index (κ2) is 80.5. The molecule has 2 atom stereocenters. The van der Waals surface area contributed by atoms with Crippen molar-refractivity contribution in [2.75, 3.05) is 13.2 Å². The molecule has 0 spiro atoms. The molecule has 0 aliphatic rings. The number of aliphatic hydroxyl groups is 2. The highest BCUT2D eigenvalue weighted by atomic mass is 16.5. The lowest BCUT2D eigenvalue weighted by Crippen LogP contribution is -2.45. The third-order valence-corrected chi connectivity index (χ3v) is 19.6. The summed E-state index contributed by atoms with van der Waals surface area (Å²) in [5, 5.41) is 23.3. The monoisotopic (exact) mass is 1280 g/mol. The number of esters is 1. The fourth-order valence-electron chi connectivity index (χ4n) is 13.3. The Hall–Kier alpha value is -1.92. The summed E-state index contributed by atoms with van der Waals surface area (Å²) in [4.78, 5) is 24.6. The Balaban J connectivity index is 3.33. The topological polar surface area (TPSA) is 95.9 Å². The molecule has 2 unspecified atom stereocenters. The molecular weight excluding hydrogens is 1110 g/mol. The molecule has 0 aromatic rings. The highest BCUT2D eigenvalue weighted by Crippen LogP contribution is 2.20. The van der Waals surface area contributed by atoms with E-state index in [0.717, 1.165) is 38.5 Å². The minimum atomic E-state index is -0.842. The van der Waals surface area contributed by atoms with E-state index in [4.69, 9.17) is 4.74 Å². The van der Waals surface area contributed by atoms with Gasteiger partial charge in [0.15, 0.2) is 0 Å². The van der Waals surface area contributed by atoms with Crippen LogP contribution in [0.25, 0.3) is 0 Å². The summed E-state index contributed by atoms with van der Waals surface area (Å²) in [7, 11) is 0. The lowest BCUT2D eigenvalue weighted by Gasteiger charge is -2.20. The predicted molar refractivity (Wildman–Crippen MR) is 403 cm³/mol. The quantitative estimate of drug-likeness (QED) is 0.0320. The highest BCUT2D eigenvalue weighted by molar-refractivity contribution is 5.76. The number of carbonyl (C=O) groups excluding carboxylic acids is 2. The Kier molecular flexibility index (Phi) is 78.8. The van der Waals surface area contributed by atoms with Crippen molar-refractivity contribution in [2.45, 2.75) is 482 Å². The Bertz CT molecular complexity index is 1470. The molecular formula is C85H163NO5. The Labute approximate surface area is 570 Å². The summed E-state index contributed by atoms with van der Waals surface area (Å²) >= 11 is 0. The highest BCUT2D eigenvalue weighted by Gasteiger charge is 2.18. The molecule has 0 heterocycles. The van der Waals surface area contributed by atoms with Crippen LogP contribution in [0.3, 0.4) is 0 Å². The van der Waals surface area contributed by atoms with Crippen LogP contribution in [0.1, 0.15) is 470 Å². The average Bonchev–Trinajstić information content (AvgIpc) is 3.73. The first-order valence-electron chi connectivity index (χ1n) is 41.8. The first kappa shape index (κ1) is 89.1. The summed E-state index contributed by atoms with van der Waals surface area (Å²) in [5.41, 5.74) is 0. The normalized spacial score (nSPS) is 12.6. The van der Waals surface area contributed by atoms with Gasteiger partial charge in [0.2, 0.25) is 5.91 Å². The number of nitrogens with one attached hydrogen (secondary N) is 1. The average molecular weight is 1280 g/mol. The number of hydrogen-bond acceptors (Lipinski definition) is 5. The minimum Gasteiger partial charge on any atom is -0.466 e. The van der Waals surface area contributed by atoms with Gasteiger partial charge in [-0.15, -0.1) is 0 Å². The van der Waals surface area contributed by atoms with Crippen molar-refractivity contribution in [2.24, 2.45) is 0 Å². The van der Waals surface area contributed by atoms with Crippen LogP contribution < -0.4 is 5.32 Å². The number of aliphatic hydroxyl groups excluding tert-OH is 2. The molecule has 0 saturated carbocycles. The van der Waals surface area contributed by atoms with Gasteiger partial charge in [0.1, 0.15) is 0 Å². The molecule has 0 fully saturated rings. The van der Waals surface area contributed by atoms with Gasteiger partial charge < -0.3 is 20.3 Å². The second-order valence-electron chi connectivity index (χ2n) is 28.8. The molecule has 0 rings (SSSR count). The maximum Gasteiger partial charge on any atom is 0.305 e. The number of ether oxygens (including phenoxy) is 1. The molecule has 6 nitrogen and oxygen atoms in total. The SMILES string of the molecule is CCCCCCCC/C=C\CCCCCCCCCC(=O)OCCCCCCCCCCCCCCCCCCCC/C=C\CCCCCCCCCCCCCCCCCCCC(=O)NC(CO)C(O)/C=C/CCCCCCCCCCCCCCCCCC. The fourth-order valence-corrected chi connectivity index (χ4v) is 13.3. The maximum absolute atomic E-state index is 12.5. The van der Waals surface area contributed by atoms with Crippen LogP contribution in [-0.2, 0) is 14.3 Å². The van der Waals surface area contributed by atoms with E-state index >= 15 is 0 Å². The molecule has 1 amide bonds. The lowest BCUT2D eigenvalue weighted by atomic mass is 10.0. The molecule has 0 radical (unpaired) electrons. The molecule has 6 heteroatoms. The van der Waals surface area contributed by atoms with Crippen molar-refractivity contribution < 1.29 is 24.5 Å². The maximum atomic E-state index is 12.5. The zero-order chi connectivity index (χ0) is 65.6. The van der Waals surface area contributed by atoms with Crippen molar-refractivity contribution in [3.8, 4) is 0 Å². The van der Waals surface area contributed by atoms with Gasteiger partial charge in [-0.2, -0.15) is 0 Å². The summed E-state index contributed by atoms with van der Waals surface area (Å²) in [6.45, 7) is 4.95. The first-order chi connectivity index (χ1) is 45.0. The molecule has 0 aliphatic carbocycles. The first-order valence-corrected chi connectivity index (χ1v) is 41.8. The summed E-state index contributed by atoms with van der Waals surface area (Å²) < 4.78 is 5.51. The standard InChI is InChI=1S/C85H163NO5/c1-3-5-7-9-11-13-15-17-19-21-46-49-53-57-61-65-69-73-77-83(88)82(81-87)86-84(89)78-74-70-66-62-58-54-50-47-43-41-39-37-35-33-31-29-27-25-23-22-24-26-28-30-32-34-36-38-40-42-44-48-52-56-60-64-68-72-76-80-91-85(90)79-75-71-67-63-59-55-51-45-20-18-16-14-12-10-8-6-4-2/h18,20,22-23,73,77,82-83,87-88H,3-17,19,21,24-72,74-76,78-81H2,1-2H3,(H,86,89)/b20-18-,23-22-,77-73+. The van der Waals surface area contributed by atoms with Crippen LogP contribution in [0.5, 0.6) is 0 Å². The molecule has 0 saturated heterocycles. The van der Waals surface area contributed by atoms with Crippen molar-refractivity contribution in [1.82, 2.24) is 5.32 Å². The van der Waals surface area contributed by atoms with Crippen LogP contribution in [0, 0.1) is 0 Å². The van der Waals surface area contributed by atoms with E-state index in [0.29, 0.717) is 19.4 Å². The van der Waals surface area contributed by atoms with E-state index < -0.39 is 12.1 Å². The molecule has 538 valence electrons. The number of unbranched alkanes of at least 4 members (excludes halogenated alkanes) is 64. The van der Waals surface area contributed by atoms with E-state index in [1.54, 1.807) is 6.08 Å². The van der Waals surface area contributed by atoms with Gasteiger partial charge in [-0.3, -0.25) is 9.59 Å². The predicted octanol–water partition coefficient (Wildman–Crippen LogP) is 27.8. The zero-order valence-corrected chi connectivity index (χ0v) is 61.9. The summed E-state index contributed by atoms with van der Waals surface area (Å²) in [6.07, 6.45) is 106. The van der Waals surface area contributed by atoms with Crippen molar-refractivity contribution in [1.29, 1.82) is 0 Å². The Morgan fingerprint density at radius 1 is 0.297 bits per heavy atom.